The molecule has 1 aromatic carbocycles. The lowest BCUT2D eigenvalue weighted by Gasteiger charge is -2.44. The Kier molecular flexibility index (Phi) is 7.73. The molecule has 0 aliphatic carbocycles. The number of nitrogens with one attached hydrogen (secondary N) is 1. The van der Waals surface area contributed by atoms with Crippen molar-refractivity contribution in [3.05, 3.63) is 62.9 Å². The molecule has 236 valence electrons. The lowest BCUT2D eigenvalue weighted by Crippen LogP contribution is -2.56. The largest absolute Gasteiger partial charge is 0.504 e. The predicted molar refractivity (Wildman–Crippen MR) is 165 cm³/mol. The molecule has 1 saturated heterocycles. The molecule has 0 radical (unpaired) electrons. The summed E-state index contributed by atoms with van der Waals surface area (Å²) in [6.07, 6.45) is 3.94. The van der Waals surface area contributed by atoms with Gasteiger partial charge >= 0.3 is 0 Å². The Morgan fingerprint density at radius 2 is 1.87 bits per heavy atom. The van der Waals surface area contributed by atoms with E-state index in [1.807, 2.05) is 0 Å². The second kappa shape index (κ2) is 11.4. The number of nitrogens with two attached hydrogens (primary N) is 1. The van der Waals surface area contributed by atoms with Gasteiger partial charge in [-0.2, -0.15) is 4.39 Å². The molecule has 2 aliphatic rings. The molecule has 5 heterocycles. The number of aromatic nitrogens is 4. The van der Waals surface area contributed by atoms with Crippen LogP contribution in [0.4, 0.5) is 20.3 Å². The van der Waals surface area contributed by atoms with Gasteiger partial charge in [0, 0.05) is 61.5 Å². The van der Waals surface area contributed by atoms with Gasteiger partial charge < -0.3 is 30.5 Å². The van der Waals surface area contributed by atoms with Crippen LogP contribution in [-0.4, -0.2) is 73.1 Å². The molecule has 6 rings (SSSR count). The number of hydrogen-bond donors (Lipinski definition) is 3. The van der Waals surface area contributed by atoms with Crippen molar-refractivity contribution in [2.45, 2.75) is 51.9 Å². The molecule has 4 N–H and O–H groups in total. The number of piperazine rings is 1. The summed E-state index contributed by atoms with van der Waals surface area (Å²) in [6.45, 7) is 5.88. The number of halogens is 3. The van der Waals surface area contributed by atoms with Crippen molar-refractivity contribution in [2.75, 3.05) is 30.4 Å². The number of benzene rings is 1. The molecule has 0 saturated carbocycles. The van der Waals surface area contributed by atoms with Gasteiger partial charge in [-0.05, 0) is 33.4 Å². The minimum atomic E-state index is -1.69. The maximum Gasteiger partial charge on any atom is 0.263 e. The third kappa shape index (κ3) is 5.27. The fraction of sp³-hybridized carbons (Fsp3) is 0.367. The summed E-state index contributed by atoms with van der Waals surface area (Å²) in [5.41, 5.74) is 3.92. The van der Waals surface area contributed by atoms with Crippen LogP contribution in [0.1, 0.15) is 36.5 Å². The van der Waals surface area contributed by atoms with Crippen LogP contribution in [-0.2, 0) is 24.3 Å². The van der Waals surface area contributed by atoms with Crippen molar-refractivity contribution in [1.82, 2.24) is 24.0 Å². The second-order valence-corrected chi connectivity index (χ2v) is 12.1. The van der Waals surface area contributed by atoms with Crippen molar-refractivity contribution < 1.29 is 23.5 Å². The lowest BCUT2D eigenvalue weighted by atomic mass is 10.0. The van der Waals surface area contributed by atoms with Crippen molar-refractivity contribution in [2.24, 2.45) is 5.73 Å². The fourth-order valence-corrected chi connectivity index (χ4v) is 6.65. The van der Waals surface area contributed by atoms with E-state index in [9.17, 15) is 23.9 Å². The number of carbonyl (C=O) groups is 2. The van der Waals surface area contributed by atoms with Crippen molar-refractivity contribution in [3.8, 4) is 16.9 Å². The van der Waals surface area contributed by atoms with Gasteiger partial charge in [0.25, 0.3) is 11.5 Å². The predicted octanol–water partition coefficient (Wildman–Crippen LogP) is 3.11. The minimum Gasteiger partial charge on any atom is -0.504 e. The van der Waals surface area contributed by atoms with Crippen LogP contribution in [0.2, 0.25) is 5.02 Å². The molecule has 12 nitrogen and oxygen atoms in total. The summed E-state index contributed by atoms with van der Waals surface area (Å²) in [6, 6.07) is 2.90. The van der Waals surface area contributed by atoms with Crippen molar-refractivity contribution in [1.29, 1.82) is 0 Å². The molecular formula is C30H31ClF2N8O4. The smallest absolute Gasteiger partial charge is 0.263 e. The van der Waals surface area contributed by atoms with E-state index in [0.29, 0.717) is 36.7 Å². The van der Waals surface area contributed by atoms with E-state index in [1.54, 1.807) is 6.07 Å². The molecule has 0 bridgehead atoms. The Bertz CT molecular complexity index is 1930. The summed E-state index contributed by atoms with van der Waals surface area (Å²) in [7, 11) is 2.06. The van der Waals surface area contributed by atoms with E-state index in [4.69, 9.17) is 17.3 Å². The Morgan fingerprint density at radius 3 is 2.56 bits per heavy atom. The summed E-state index contributed by atoms with van der Waals surface area (Å²) in [4.78, 5) is 52.5. The van der Waals surface area contributed by atoms with E-state index >= 15 is 4.39 Å². The van der Waals surface area contributed by atoms with Crippen LogP contribution >= 0.6 is 11.6 Å². The average molecular weight is 641 g/mol. The SMILES string of the molecule is C[C@H]1CN(C)C[C@H](C)N1c1cc(NC(=O)Cn2cc(-c3cc(C(N)=O)c(O)c(F)c3F)c3c(=O)n4c(nc32)CCC4)c(Cl)cn1. The van der Waals surface area contributed by atoms with Crippen molar-refractivity contribution >= 4 is 46.0 Å². The zero-order valence-electron chi connectivity index (χ0n) is 24.8. The maximum atomic E-state index is 15.3. The van der Waals surface area contributed by atoms with Gasteiger partial charge in [-0.15, -0.1) is 0 Å². The molecule has 2 atom stereocenters. The van der Waals surface area contributed by atoms with E-state index in [0.717, 1.165) is 19.2 Å². The number of carbonyl (C=O) groups excluding carboxylic acids is 2. The summed E-state index contributed by atoms with van der Waals surface area (Å²) in [5.74, 6) is -5.01. The molecule has 15 heteroatoms. The second-order valence-electron chi connectivity index (χ2n) is 11.7. The Morgan fingerprint density at radius 1 is 1.16 bits per heavy atom. The first-order valence-electron chi connectivity index (χ1n) is 14.4. The van der Waals surface area contributed by atoms with Crippen LogP contribution < -0.4 is 21.5 Å². The van der Waals surface area contributed by atoms with E-state index in [1.165, 1.54) is 21.5 Å². The topological polar surface area (TPSA) is 152 Å². The monoisotopic (exact) mass is 640 g/mol. The lowest BCUT2D eigenvalue weighted by molar-refractivity contribution is -0.116. The number of pyridine rings is 1. The third-order valence-electron chi connectivity index (χ3n) is 8.37. The molecular weight excluding hydrogens is 610 g/mol. The zero-order chi connectivity index (χ0) is 32.3. The maximum absolute atomic E-state index is 15.3. The first-order valence-corrected chi connectivity index (χ1v) is 14.8. The highest BCUT2D eigenvalue weighted by atomic mass is 35.5. The number of hydrogen-bond acceptors (Lipinski definition) is 8. The standard InChI is InChI=1S/C30H31ClF2N8O4/c1-14-10-38(3)11-15(2)41(14)22-8-20(19(31)9-35-22)36-23(42)13-39-12-18(16-7-17(28(34)44)27(43)26(33)25(16)32)24-29(39)37-21-5-4-6-40(21)30(24)45/h7-9,12,14-15,43H,4-6,10-11,13H2,1-3H3,(H2,34,44)(H,35,36,42)/t14-,15-/m0/s1. The van der Waals surface area contributed by atoms with Crippen molar-refractivity contribution in [3.63, 3.8) is 0 Å². The number of amides is 2. The summed E-state index contributed by atoms with van der Waals surface area (Å²) < 4.78 is 32.8. The molecule has 3 aromatic heterocycles. The van der Waals surface area contributed by atoms with Gasteiger partial charge in [-0.3, -0.25) is 19.0 Å². The van der Waals surface area contributed by atoms with Gasteiger partial charge in [0.1, 0.15) is 23.8 Å². The van der Waals surface area contributed by atoms with Gasteiger partial charge in [0.15, 0.2) is 11.6 Å². The Balaban J connectivity index is 1.39. The van der Waals surface area contributed by atoms with E-state index < -0.39 is 45.9 Å². The first-order chi connectivity index (χ1) is 21.3. The van der Waals surface area contributed by atoms with Crippen LogP contribution in [0.25, 0.3) is 22.2 Å². The number of primary amides is 1. The zero-order valence-corrected chi connectivity index (χ0v) is 25.5. The average Bonchev–Trinajstić information content (AvgIpc) is 3.58. The molecule has 2 amide bonds. The quantitative estimate of drug-likeness (QED) is 0.291. The highest BCUT2D eigenvalue weighted by Crippen LogP contribution is 2.36. The number of likely N-dealkylation sites (N-methyl/N-ethyl adjacent to an activating group) is 1. The van der Waals surface area contributed by atoms with E-state index in [2.05, 4.69) is 46.0 Å². The molecule has 1 fully saturated rings. The highest BCUT2D eigenvalue weighted by Gasteiger charge is 2.30. The fourth-order valence-electron chi connectivity index (χ4n) is 6.50. The molecule has 2 aliphatic heterocycles. The molecule has 45 heavy (non-hydrogen) atoms. The van der Waals surface area contributed by atoms with Crippen LogP contribution in [0, 0.1) is 11.6 Å². The number of rotatable bonds is 6. The van der Waals surface area contributed by atoms with Crippen LogP contribution in [0.5, 0.6) is 5.75 Å². The summed E-state index contributed by atoms with van der Waals surface area (Å²) >= 11 is 6.42. The number of anilines is 2. The minimum absolute atomic E-state index is 0.0740. The molecule has 4 aromatic rings. The number of phenols is 1. The molecule has 0 spiro atoms. The van der Waals surface area contributed by atoms with Gasteiger partial charge in [-0.25, -0.2) is 14.4 Å². The van der Waals surface area contributed by atoms with Gasteiger partial charge in [0.2, 0.25) is 11.7 Å². The van der Waals surface area contributed by atoms with Crippen LogP contribution in [0.3, 0.4) is 0 Å². The third-order valence-corrected chi connectivity index (χ3v) is 8.67. The Labute approximate surface area is 261 Å². The highest BCUT2D eigenvalue weighted by molar-refractivity contribution is 6.33. The van der Waals surface area contributed by atoms with E-state index in [-0.39, 0.29) is 40.2 Å². The van der Waals surface area contributed by atoms with Gasteiger partial charge in [0.05, 0.1) is 27.9 Å². The number of fused-ring (bicyclic) bond motifs is 2. The first kappa shape index (κ1) is 30.5. The Hall–Kier alpha value is -4.56. The molecule has 0 unspecified atom stereocenters. The normalized spacial score (nSPS) is 18.4. The number of aryl methyl sites for hydroxylation is 1. The summed E-state index contributed by atoms with van der Waals surface area (Å²) in [5, 5.41) is 12.9. The van der Waals surface area contributed by atoms with Crippen LogP contribution in [0.15, 0.2) is 29.3 Å². The number of aromatic hydroxyl groups is 1. The van der Waals surface area contributed by atoms with Gasteiger partial charge in [-0.1, -0.05) is 11.6 Å². The number of nitrogens with zero attached hydrogens (tertiary/aromatic N) is 6.